The van der Waals surface area contributed by atoms with E-state index in [1.54, 1.807) is 0 Å². The Bertz CT molecular complexity index is 605. The van der Waals surface area contributed by atoms with Crippen LogP contribution in [-0.2, 0) is 20.5 Å². The Morgan fingerprint density at radius 1 is 1.20 bits per heavy atom. The molecule has 1 heterocycles. The molecular weight excluding hydrogens is 328 g/mol. The number of fused-ring (bicyclic) bond motifs is 1. The average Bonchev–Trinajstić information content (AvgIpc) is 3.32. The summed E-state index contributed by atoms with van der Waals surface area (Å²) in [7, 11) is -1.80. The molecule has 1 aromatic carbocycles. The first kappa shape index (κ1) is 18.8. The van der Waals surface area contributed by atoms with Crippen LogP contribution in [0.25, 0.3) is 0 Å². The van der Waals surface area contributed by atoms with Crippen LogP contribution in [0.5, 0.6) is 0 Å². The fourth-order valence-corrected chi connectivity index (χ4v) is 4.08. The summed E-state index contributed by atoms with van der Waals surface area (Å²) in [6.07, 6.45) is 1.29. The molecule has 0 bridgehead atoms. The van der Waals surface area contributed by atoms with Crippen molar-refractivity contribution in [3.63, 3.8) is 0 Å². The molecule has 2 fully saturated rings. The van der Waals surface area contributed by atoms with Gasteiger partial charge in [-0.1, -0.05) is 57.7 Å². The molecule has 1 aliphatic carbocycles. The van der Waals surface area contributed by atoms with Crippen molar-refractivity contribution in [1.82, 2.24) is 0 Å². The highest BCUT2D eigenvalue weighted by molar-refractivity contribution is 6.74. The third-order valence-corrected chi connectivity index (χ3v) is 10.4. The molecule has 1 aliphatic heterocycles. The summed E-state index contributed by atoms with van der Waals surface area (Å²) in [5.74, 6) is 0.477. The van der Waals surface area contributed by atoms with E-state index in [2.05, 4.69) is 52.6 Å². The van der Waals surface area contributed by atoms with Gasteiger partial charge in [0.2, 0.25) is 0 Å². The molecule has 0 amide bonds. The zero-order valence-corrected chi connectivity index (χ0v) is 17.2. The average molecular weight is 361 g/mol. The van der Waals surface area contributed by atoms with E-state index in [1.165, 1.54) is 11.1 Å². The maximum absolute atomic E-state index is 6.42. The van der Waals surface area contributed by atoms with E-state index in [0.717, 1.165) is 6.42 Å². The lowest BCUT2D eigenvalue weighted by Gasteiger charge is -2.39. The Balaban J connectivity index is 1.64. The second-order valence-corrected chi connectivity index (χ2v) is 13.7. The van der Waals surface area contributed by atoms with E-state index in [0.29, 0.717) is 25.2 Å². The van der Waals surface area contributed by atoms with Crippen molar-refractivity contribution in [2.45, 2.75) is 70.2 Å². The van der Waals surface area contributed by atoms with Gasteiger partial charge in [-0.2, -0.15) is 0 Å². The van der Waals surface area contributed by atoms with Gasteiger partial charge in [0.1, 0.15) is 12.2 Å². The van der Waals surface area contributed by atoms with Gasteiger partial charge >= 0.3 is 0 Å². The highest BCUT2D eigenvalue weighted by atomic mass is 28.4. The Kier molecular flexibility index (Phi) is 5.27. The summed E-state index contributed by atoms with van der Waals surface area (Å²) in [6, 6.07) is 10.3. The molecule has 1 saturated heterocycles. The zero-order chi connectivity index (χ0) is 18.2. The summed E-state index contributed by atoms with van der Waals surface area (Å²) < 4.78 is 18.9. The minimum Gasteiger partial charge on any atom is -0.414 e. The van der Waals surface area contributed by atoms with Crippen molar-refractivity contribution in [2.24, 2.45) is 5.92 Å². The van der Waals surface area contributed by atoms with Gasteiger partial charge < -0.3 is 13.9 Å². The largest absolute Gasteiger partial charge is 0.414 e. The minimum atomic E-state index is -1.80. The van der Waals surface area contributed by atoms with Crippen molar-refractivity contribution in [3.05, 3.63) is 48.0 Å². The van der Waals surface area contributed by atoms with Gasteiger partial charge in [0.25, 0.3) is 0 Å². The lowest BCUT2D eigenvalue weighted by atomic mass is 9.99. The van der Waals surface area contributed by atoms with Gasteiger partial charge in [-0.25, -0.2) is 0 Å². The normalized spacial score (nSPS) is 29.4. The van der Waals surface area contributed by atoms with Gasteiger partial charge in [0.15, 0.2) is 8.32 Å². The topological polar surface area (TPSA) is 27.7 Å². The Morgan fingerprint density at radius 3 is 2.52 bits per heavy atom. The van der Waals surface area contributed by atoms with Crippen LogP contribution in [0, 0.1) is 5.92 Å². The van der Waals surface area contributed by atoms with E-state index in [9.17, 15) is 0 Å². The van der Waals surface area contributed by atoms with Crippen molar-refractivity contribution < 1.29 is 13.9 Å². The fourth-order valence-electron chi connectivity index (χ4n) is 3.07. The van der Waals surface area contributed by atoms with Crippen LogP contribution >= 0.6 is 0 Å². The summed E-state index contributed by atoms with van der Waals surface area (Å²) in [6.45, 7) is 16.9. The summed E-state index contributed by atoms with van der Waals surface area (Å²) in [4.78, 5) is 0. The van der Waals surface area contributed by atoms with Crippen LogP contribution in [0.4, 0.5) is 0 Å². The van der Waals surface area contributed by atoms with Gasteiger partial charge in [-0.15, -0.1) is 0 Å². The molecule has 0 N–H and O–H groups in total. The Labute approximate surface area is 153 Å². The molecule has 1 aromatic rings. The fraction of sp³-hybridized carbons (Fsp3) is 0.619. The van der Waals surface area contributed by atoms with Crippen molar-refractivity contribution in [3.8, 4) is 0 Å². The third-order valence-electron chi connectivity index (χ3n) is 5.95. The molecule has 2 aliphatic rings. The summed E-state index contributed by atoms with van der Waals surface area (Å²) in [5.41, 5.74) is 2.37. The quantitative estimate of drug-likeness (QED) is 0.531. The molecule has 138 valence electrons. The number of benzene rings is 1. The molecule has 1 saturated carbocycles. The SMILES string of the molecule is C=C1[C@@H]2C[C@@H]2O[C@H](CO[Si](C)(C)C(C)(C)C)[C@H]1OCc1ccccc1. The first-order valence-electron chi connectivity index (χ1n) is 9.33. The lowest BCUT2D eigenvalue weighted by molar-refractivity contribution is -0.105. The van der Waals surface area contributed by atoms with Crippen LogP contribution in [0.1, 0.15) is 32.8 Å². The molecule has 4 atom stereocenters. The first-order valence-corrected chi connectivity index (χ1v) is 12.2. The monoisotopic (exact) mass is 360 g/mol. The van der Waals surface area contributed by atoms with E-state index < -0.39 is 8.32 Å². The Morgan fingerprint density at radius 2 is 1.88 bits per heavy atom. The molecule has 0 aromatic heterocycles. The molecule has 3 rings (SSSR count). The third kappa shape index (κ3) is 4.25. The van der Waals surface area contributed by atoms with Crippen molar-refractivity contribution in [2.75, 3.05) is 6.61 Å². The van der Waals surface area contributed by atoms with Crippen molar-refractivity contribution >= 4 is 8.32 Å². The van der Waals surface area contributed by atoms with Crippen LogP contribution in [0.2, 0.25) is 18.1 Å². The predicted molar refractivity (Wildman–Crippen MR) is 104 cm³/mol. The molecule has 0 radical (unpaired) electrons. The highest BCUT2D eigenvalue weighted by Crippen LogP contribution is 2.48. The van der Waals surface area contributed by atoms with E-state index >= 15 is 0 Å². The second-order valence-electron chi connectivity index (χ2n) is 8.92. The van der Waals surface area contributed by atoms with Gasteiger partial charge in [-0.3, -0.25) is 0 Å². The molecule has 25 heavy (non-hydrogen) atoms. The molecule has 3 nitrogen and oxygen atoms in total. The molecule has 0 unspecified atom stereocenters. The highest BCUT2D eigenvalue weighted by Gasteiger charge is 2.51. The minimum absolute atomic E-state index is 0.0471. The van der Waals surface area contributed by atoms with Crippen LogP contribution in [0.3, 0.4) is 0 Å². The second kappa shape index (κ2) is 6.99. The van der Waals surface area contributed by atoms with E-state index in [-0.39, 0.29) is 17.2 Å². The maximum Gasteiger partial charge on any atom is 0.192 e. The molecular formula is C21H32O3Si. The van der Waals surface area contributed by atoms with Gasteiger partial charge in [-0.05, 0) is 35.7 Å². The summed E-state index contributed by atoms with van der Waals surface area (Å²) in [5, 5.41) is 0.196. The van der Waals surface area contributed by atoms with Crippen LogP contribution < -0.4 is 0 Å². The van der Waals surface area contributed by atoms with Gasteiger partial charge in [0, 0.05) is 5.92 Å². The number of rotatable bonds is 6. The molecule has 4 heteroatoms. The predicted octanol–water partition coefficient (Wildman–Crippen LogP) is 4.94. The van der Waals surface area contributed by atoms with Gasteiger partial charge in [0.05, 0.1) is 19.3 Å². The number of ether oxygens (including phenoxy) is 2. The van der Waals surface area contributed by atoms with Crippen LogP contribution in [0.15, 0.2) is 42.5 Å². The standard InChI is InChI=1S/C21H32O3Si/c1-15-17-12-18(17)24-19(14-23-25(5,6)21(2,3)4)20(15)22-13-16-10-8-7-9-11-16/h7-11,17-20H,1,12-14H2,2-6H3/t17-,18-,19+,20-/m0/s1. The Hall–Kier alpha value is -0.943. The maximum atomic E-state index is 6.42. The smallest absolute Gasteiger partial charge is 0.192 e. The van der Waals surface area contributed by atoms with Crippen molar-refractivity contribution in [1.29, 1.82) is 0 Å². The number of hydrogen-bond acceptors (Lipinski definition) is 3. The number of hydrogen-bond donors (Lipinski definition) is 0. The zero-order valence-electron chi connectivity index (χ0n) is 16.2. The van der Waals surface area contributed by atoms with E-state index in [4.69, 9.17) is 13.9 Å². The van der Waals surface area contributed by atoms with Crippen LogP contribution in [-0.4, -0.2) is 33.2 Å². The molecule has 0 spiro atoms. The lowest BCUT2D eigenvalue weighted by Crippen LogP contribution is -2.47. The van der Waals surface area contributed by atoms with E-state index in [1.807, 2.05) is 18.2 Å². The first-order chi connectivity index (χ1) is 11.7. The summed E-state index contributed by atoms with van der Waals surface area (Å²) >= 11 is 0.